The summed E-state index contributed by atoms with van der Waals surface area (Å²) in [6.45, 7) is 3.94. The van der Waals surface area contributed by atoms with Crippen LogP contribution >= 0.6 is 22.9 Å². The number of nitriles is 1. The normalized spacial score (nSPS) is 11.1. The number of carbonyl (C=O) groups is 1. The zero-order chi connectivity index (χ0) is 20.1. The van der Waals surface area contributed by atoms with Gasteiger partial charge in [0.1, 0.15) is 11.6 Å². The third-order valence-electron chi connectivity index (χ3n) is 4.14. The lowest BCUT2D eigenvalue weighted by atomic mass is 10.1. The van der Waals surface area contributed by atoms with Gasteiger partial charge in [-0.2, -0.15) is 5.26 Å². The highest BCUT2D eigenvalue weighted by Crippen LogP contribution is 2.24. The summed E-state index contributed by atoms with van der Waals surface area (Å²) in [4.78, 5) is 17.7. The second-order valence-corrected chi connectivity index (χ2v) is 7.95. The van der Waals surface area contributed by atoms with E-state index in [1.807, 2.05) is 62.4 Å². The lowest BCUT2D eigenvalue weighted by Crippen LogP contribution is -2.13. The molecule has 0 unspecified atom stereocenters. The molecule has 0 aliphatic carbocycles. The summed E-state index contributed by atoms with van der Waals surface area (Å²) >= 11 is 7.55. The summed E-state index contributed by atoms with van der Waals surface area (Å²) in [5.74, 6) is -0.470. The van der Waals surface area contributed by atoms with Gasteiger partial charge in [0.25, 0.3) is 5.91 Å². The van der Waals surface area contributed by atoms with Crippen molar-refractivity contribution in [3.8, 4) is 6.07 Å². The second-order valence-electron chi connectivity index (χ2n) is 6.43. The highest BCUT2D eigenvalue weighted by molar-refractivity contribution is 7.15. The summed E-state index contributed by atoms with van der Waals surface area (Å²) in [5.41, 5.74) is 4.06. The first-order valence-electron chi connectivity index (χ1n) is 8.64. The van der Waals surface area contributed by atoms with E-state index in [-0.39, 0.29) is 5.57 Å². The molecule has 0 bridgehead atoms. The molecule has 28 heavy (non-hydrogen) atoms. The number of aromatic nitrogens is 1. The van der Waals surface area contributed by atoms with Gasteiger partial charge >= 0.3 is 0 Å². The van der Waals surface area contributed by atoms with E-state index in [1.165, 1.54) is 11.3 Å². The number of hydrogen-bond acceptors (Lipinski definition) is 4. The minimum absolute atomic E-state index is 0.0333. The van der Waals surface area contributed by atoms with E-state index in [0.29, 0.717) is 11.6 Å². The molecule has 0 aliphatic rings. The monoisotopic (exact) mass is 407 g/mol. The van der Waals surface area contributed by atoms with Crippen molar-refractivity contribution in [3.05, 3.63) is 86.4 Å². The fraction of sp³-hybridized carbons (Fsp3) is 0.136. The molecular formula is C22H18ClN3OS. The largest absolute Gasteiger partial charge is 0.297 e. The topological polar surface area (TPSA) is 65.8 Å². The molecule has 0 spiro atoms. The second kappa shape index (κ2) is 8.83. The van der Waals surface area contributed by atoms with Crippen LogP contribution in [0.25, 0.3) is 6.08 Å². The van der Waals surface area contributed by atoms with E-state index >= 15 is 0 Å². The SMILES string of the molecule is Cc1ccc(/C=C(\C#N)C(=O)Nc2ncc(Cc3ccc(C)c(Cl)c3)s2)cc1. The summed E-state index contributed by atoms with van der Waals surface area (Å²) in [5, 5.41) is 13.2. The van der Waals surface area contributed by atoms with Crippen LogP contribution < -0.4 is 5.32 Å². The van der Waals surface area contributed by atoms with Gasteiger partial charge in [-0.25, -0.2) is 4.98 Å². The number of rotatable bonds is 5. The van der Waals surface area contributed by atoms with Crippen LogP contribution in [0.1, 0.15) is 27.1 Å². The van der Waals surface area contributed by atoms with Crippen LogP contribution in [0.4, 0.5) is 5.13 Å². The summed E-state index contributed by atoms with van der Waals surface area (Å²) < 4.78 is 0. The standard InChI is InChI=1S/C22H18ClN3OS/c1-14-3-6-16(7-4-14)9-18(12-24)21(27)26-22-25-13-19(28-22)10-17-8-5-15(2)20(23)11-17/h3-9,11,13H,10H2,1-2H3,(H,25,26,27)/b18-9+. The molecule has 1 heterocycles. The number of nitrogens with zero attached hydrogens (tertiary/aromatic N) is 2. The van der Waals surface area contributed by atoms with Crippen molar-refractivity contribution in [1.29, 1.82) is 5.26 Å². The highest BCUT2D eigenvalue weighted by Gasteiger charge is 2.12. The van der Waals surface area contributed by atoms with Gasteiger partial charge < -0.3 is 0 Å². The fourth-order valence-corrected chi connectivity index (χ4v) is 3.58. The predicted octanol–water partition coefficient (Wildman–Crippen LogP) is 5.55. The van der Waals surface area contributed by atoms with Gasteiger partial charge in [0, 0.05) is 22.5 Å². The molecule has 0 aliphatic heterocycles. The minimum atomic E-state index is -0.470. The fourth-order valence-electron chi connectivity index (χ4n) is 2.54. The number of thiazole rings is 1. The number of benzene rings is 2. The summed E-state index contributed by atoms with van der Waals surface area (Å²) in [7, 11) is 0. The minimum Gasteiger partial charge on any atom is -0.297 e. The molecule has 3 aromatic rings. The highest BCUT2D eigenvalue weighted by atomic mass is 35.5. The molecule has 0 radical (unpaired) electrons. The first kappa shape index (κ1) is 19.8. The lowest BCUT2D eigenvalue weighted by molar-refractivity contribution is -0.112. The third-order valence-corrected chi connectivity index (χ3v) is 5.46. The molecular weight excluding hydrogens is 390 g/mol. The molecule has 1 N–H and O–H groups in total. The number of halogens is 1. The van der Waals surface area contributed by atoms with Crippen molar-refractivity contribution in [2.24, 2.45) is 0 Å². The number of anilines is 1. The average molecular weight is 408 g/mol. The Labute approximate surface area is 173 Å². The van der Waals surface area contributed by atoms with Gasteiger partial charge in [-0.1, -0.05) is 53.6 Å². The Morgan fingerprint density at radius 3 is 2.68 bits per heavy atom. The molecule has 3 rings (SSSR count). The number of carbonyl (C=O) groups excluding carboxylic acids is 1. The Hall–Kier alpha value is -2.94. The molecule has 2 aromatic carbocycles. The Bertz CT molecular complexity index is 1080. The molecule has 6 heteroatoms. The van der Waals surface area contributed by atoms with Crippen molar-refractivity contribution in [2.45, 2.75) is 20.3 Å². The van der Waals surface area contributed by atoms with Crippen LogP contribution in [0.3, 0.4) is 0 Å². The first-order valence-corrected chi connectivity index (χ1v) is 9.83. The van der Waals surface area contributed by atoms with Crippen molar-refractivity contribution in [2.75, 3.05) is 5.32 Å². The molecule has 0 saturated carbocycles. The molecule has 0 saturated heterocycles. The summed E-state index contributed by atoms with van der Waals surface area (Å²) in [6, 6.07) is 15.5. The maximum atomic E-state index is 12.4. The average Bonchev–Trinajstić information content (AvgIpc) is 3.11. The molecule has 1 amide bonds. The van der Waals surface area contributed by atoms with Crippen LogP contribution in [-0.2, 0) is 11.2 Å². The van der Waals surface area contributed by atoms with Crippen LogP contribution in [0.2, 0.25) is 5.02 Å². The van der Waals surface area contributed by atoms with Crippen LogP contribution in [0.5, 0.6) is 0 Å². The molecule has 0 fully saturated rings. The predicted molar refractivity (Wildman–Crippen MR) is 115 cm³/mol. The van der Waals surface area contributed by atoms with Crippen molar-refractivity contribution < 1.29 is 4.79 Å². The first-order chi connectivity index (χ1) is 13.4. The lowest BCUT2D eigenvalue weighted by Gasteiger charge is -2.02. The van der Waals surface area contributed by atoms with Crippen LogP contribution in [0, 0.1) is 25.2 Å². The number of nitrogens with one attached hydrogen (secondary N) is 1. The van der Waals surface area contributed by atoms with E-state index in [1.54, 1.807) is 12.3 Å². The number of aryl methyl sites for hydroxylation is 2. The van der Waals surface area contributed by atoms with E-state index < -0.39 is 5.91 Å². The number of amides is 1. The summed E-state index contributed by atoms with van der Waals surface area (Å²) in [6.07, 6.45) is 3.97. The van der Waals surface area contributed by atoms with Crippen LogP contribution in [0.15, 0.2) is 54.2 Å². The van der Waals surface area contributed by atoms with Gasteiger partial charge in [-0.15, -0.1) is 11.3 Å². The van der Waals surface area contributed by atoms with Gasteiger partial charge in [0.05, 0.1) is 0 Å². The van der Waals surface area contributed by atoms with Crippen molar-refractivity contribution >= 4 is 40.1 Å². The van der Waals surface area contributed by atoms with E-state index in [9.17, 15) is 10.1 Å². The number of hydrogen-bond donors (Lipinski definition) is 1. The zero-order valence-electron chi connectivity index (χ0n) is 15.5. The van der Waals surface area contributed by atoms with Crippen molar-refractivity contribution in [1.82, 2.24) is 4.98 Å². The Kier molecular flexibility index (Phi) is 6.25. The van der Waals surface area contributed by atoms with Crippen molar-refractivity contribution in [3.63, 3.8) is 0 Å². The van der Waals surface area contributed by atoms with Gasteiger partial charge in [-0.05, 0) is 42.7 Å². The van der Waals surface area contributed by atoms with Gasteiger partial charge in [0.2, 0.25) is 0 Å². The smallest absolute Gasteiger partial charge is 0.268 e. The van der Waals surface area contributed by atoms with Gasteiger partial charge in [0.15, 0.2) is 5.13 Å². The Morgan fingerprint density at radius 1 is 1.25 bits per heavy atom. The molecule has 1 aromatic heterocycles. The zero-order valence-corrected chi connectivity index (χ0v) is 17.1. The quantitative estimate of drug-likeness (QED) is 0.445. The molecule has 140 valence electrons. The maximum absolute atomic E-state index is 12.4. The maximum Gasteiger partial charge on any atom is 0.268 e. The van der Waals surface area contributed by atoms with E-state index in [0.717, 1.165) is 32.2 Å². The van der Waals surface area contributed by atoms with E-state index in [4.69, 9.17) is 11.6 Å². The van der Waals surface area contributed by atoms with E-state index in [2.05, 4.69) is 10.3 Å². The third kappa shape index (κ3) is 5.07. The Balaban J connectivity index is 1.69. The Morgan fingerprint density at radius 2 is 2.00 bits per heavy atom. The molecule has 0 atom stereocenters. The van der Waals surface area contributed by atoms with Gasteiger partial charge in [-0.3, -0.25) is 10.1 Å². The molecule has 4 nitrogen and oxygen atoms in total. The van der Waals surface area contributed by atoms with Crippen LogP contribution in [-0.4, -0.2) is 10.9 Å².